The van der Waals surface area contributed by atoms with Crippen LogP contribution in [-0.4, -0.2) is 30.4 Å². The molecule has 0 fully saturated rings. The van der Waals surface area contributed by atoms with E-state index in [1.807, 2.05) is 33.0 Å². The fourth-order valence-corrected chi connectivity index (χ4v) is 2.04. The Morgan fingerprint density at radius 3 is 2.86 bits per heavy atom. The van der Waals surface area contributed by atoms with Crippen molar-refractivity contribution in [2.75, 3.05) is 24.6 Å². The summed E-state index contributed by atoms with van der Waals surface area (Å²) in [7, 11) is 1.98. The Kier molecular flexibility index (Phi) is 6.70. The topological polar surface area (TPSA) is 82.2 Å². The van der Waals surface area contributed by atoms with Crippen LogP contribution in [0.2, 0.25) is 0 Å². The number of nitriles is 1. The largest absolute Gasteiger partial charge is 0.399 e. The Balaban J connectivity index is 2.36. The lowest BCUT2D eigenvalue weighted by atomic mass is 10.1. The van der Waals surface area contributed by atoms with E-state index in [9.17, 15) is 4.79 Å². The van der Waals surface area contributed by atoms with Gasteiger partial charge in [-0.3, -0.25) is 4.79 Å². The van der Waals surface area contributed by atoms with Crippen LogP contribution in [0, 0.1) is 18.3 Å². The molecule has 1 aromatic rings. The van der Waals surface area contributed by atoms with Crippen LogP contribution in [0.25, 0.3) is 0 Å². The lowest BCUT2D eigenvalue weighted by Gasteiger charge is -2.22. The monoisotopic (exact) mass is 288 g/mol. The Labute approximate surface area is 126 Å². The number of anilines is 2. The van der Waals surface area contributed by atoms with Crippen LogP contribution >= 0.6 is 0 Å². The zero-order chi connectivity index (χ0) is 15.8. The van der Waals surface area contributed by atoms with Gasteiger partial charge in [-0.2, -0.15) is 5.26 Å². The third-order valence-corrected chi connectivity index (χ3v) is 3.58. The molecule has 0 bridgehead atoms. The average molecular weight is 288 g/mol. The van der Waals surface area contributed by atoms with Crippen LogP contribution < -0.4 is 11.1 Å². The predicted octanol–water partition coefficient (Wildman–Crippen LogP) is 2.53. The minimum atomic E-state index is 0.00390. The van der Waals surface area contributed by atoms with Gasteiger partial charge in [-0.1, -0.05) is 0 Å². The van der Waals surface area contributed by atoms with E-state index in [1.54, 1.807) is 6.07 Å². The number of nitrogens with zero attached hydrogens (tertiary/aromatic N) is 2. The first-order valence-corrected chi connectivity index (χ1v) is 7.17. The first kappa shape index (κ1) is 17.0. The zero-order valence-electron chi connectivity index (χ0n) is 13.0. The highest BCUT2D eigenvalue weighted by Gasteiger charge is 2.10. The van der Waals surface area contributed by atoms with Crippen LogP contribution in [0.15, 0.2) is 18.2 Å². The van der Waals surface area contributed by atoms with E-state index in [1.165, 1.54) is 0 Å². The van der Waals surface area contributed by atoms with Crippen molar-refractivity contribution < 1.29 is 4.79 Å². The molecule has 3 N–H and O–H groups in total. The lowest BCUT2D eigenvalue weighted by Crippen LogP contribution is -2.30. The maximum Gasteiger partial charge on any atom is 0.224 e. The number of nitrogen functional groups attached to an aromatic ring is 1. The maximum atomic E-state index is 11.9. The number of nitrogens with two attached hydrogens (primary N) is 1. The minimum Gasteiger partial charge on any atom is -0.399 e. The predicted molar refractivity (Wildman–Crippen MR) is 85.8 cm³/mol. The van der Waals surface area contributed by atoms with Gasteiger partial charge in [0, 0.05) is 23.8 Å². The molecule has 0 aromatic heterocycles. The van der Waals surface area contributed by atoms with Crippen molar-refractivity contribution in [2.45, 2.75) is 39.2 Å². The lowest BCUT2D eigenvalue weighted by molar-refractivity contribution is -0.116. The van der Waals surface area contributed by atoms with E-state index >= 15 is 0 Å². The van der Waals surface area contributed by atoms with Gasteiger partial charge in [-0.25, -0.2) is 0 Å². The Morgan fingerprint density at radius 2 is 2.24 bits per heavy atom. The first-order chi connectivity index (χ1) is 9.93. The summed E-state index contributed by atoms with van der Waals surface area (Å²) in [6.45, 7) is 4.74. The Morgan fingerprint density at radius 1 is 1.52 bits per heavy atom. The molecule has 0 heterocycles. The highest BCUT2D eigenvalue weighted by Crippen LogP contribution is 2.17. The highest BCUT2D eigenvalue weighted by atomic mass is 16.1. The molecule has 0 saturated heterocycles. The van der Waals surface area contributed by atoms with E-state index in [2.05, 4.69) is 16.3 Å². The maximum absolute atomic E-state index is 11.9. The summed E-state index contributed by atoms with van der Waals surface area (Å²) < 4.78 is 0. The number of hydrogen-bond acceptors (Lipinski definition) is 4. The number of hydrogen-bond donors (Lipinski definition) is 2. The van der Waals surface area contributed by atoms with E-state index in [0.717, 1.165) is 24.2 Å². The molecular formula is C16H24N4O. The number of benzene rings is 1. The molecule has 1 unspecified atom stereocenters. The van der Waals surface area contributed by atoms with Gasteiger partial charge < -0.3 is 16.0 Å². The van der Waals surface area contributed by atoms with E-state index in [-0.39, 0.29) is 11.9 Å². The molecule has 0 aliphatic carbocycles. The molecule has 114 valence electrons. The second kappa shape index (κ2) is 8.28. The van der Waals surface area contributed by atoms with E-state index < -0.39 is 0 Å². The van der Waals surface area contributed by atoms with Gasteiger partial charge in [0.2, 0.25) is 5.91 Å². The van der Waals surface area contributed by atoms with Crippen molar-refractivity contribution in [3.63, 3.8) is 0 Å². The molecule has 21 heavy (non-hydrogen) atoms. The molecule has 1 rings (SSSR count). The molecule has 5 heteroatoms. The number of aryl methyl sites for hydroxylation is 1. The normalized spacial score (nSPS) is 12.0. The average Bonchev–Trinajstić information content (AvgIpc) is 2.42. The summed E-state index contributed by atoms with van der Waals surface area (Å²) in [5.74, 6) is 0.00390. The first-order valence-electron chi connectivity index (χ1n) is 7.17. The zero-order valence-corrected chi connectivity index (χ0v) is 13.0. The number of rotatable bonds is 7. The standard InChI is InChI=1S/C16H24N4O/c1-12-11-14(18)6-7-15(12)19-16(21)5-4-10-20(3)13(2)8-9-17/h6-7,11,13H,4-5,8,10,18H2,1-3H3,(H,19,21). The Bertz CT molecular complexity index is 521. The fraction of sp³-hybridized carbons (Fsp3) is 0.500. The van der Waals surface area contributed by atoms with Crippen molar-refractivity contribution in [1.29, 1.82) is 5.26 Å². The molecule has 0 aliphatic heterocycles. The molecule has 1 amide bonds. The van der Waals surface area contributed by atoms with Crippen LogP contribution in [0.3, 0.4) is 0 Å². The van der Waals surface area contributed by atoms with Crippen molar-refractivity contribution in [3.05, 3.63) is 23.8 Å². The Hall–Kier alpha value is -2.06. The summed E-state index contributed by atoms with van der Waals surface area (Å²) in [6.07, 6.45) is 1.74. The van der Waals surface area contributed by atoms with Crippen LogP contribution in [0.5, 0.6) is 0 Å². The highest BCUT2D eigenvalue weighted by molar-refractivity contribution is 5.91. The molecule has 0 spiro atoms. The number of nitrogens with one attached hydrogen (secondary N) is 1. The summed E-state index contributed by atoms with van der Waals surface area (Å²) >= 11 is 0. The van der Waals surface area contributed by atoms with Crippen LogP contribution in [0.4, 0.5) is 11.4 Å². The number of carbonyl (C=O) groups excluding carboxylic acids is 1. The van der Waals surface area contributed by atoms with E-state index in [0.29, 0.717) is 18.5 Å². The van der Waals surface area contributed by atoms with E-state index in [4.69, 9.17) is 11.0 Å². The summed E-state index contributed by atoms with van der Waals surface area (Å²) in [5.41, 5.74) is 8.14. The van der Waals surface area contributed by atoms with Crippen molar-refractivity contribution in [2.24, 2.45) is 0 Å². The molecular weight excluding hydrogens is 264 g/mol. The van der Waals surface area contributed by atoms with Gasteiger partial charge in [-0.05, 0) is 57.6 Å². The van der Waals surface area contributed by atoms with Gasteiger partial charge in [0.05, 0.1) is 12.5 Å². The summed E-state index contributed by atoms with van der Waals surface area (Å²) in [4.78, 5) is 14.0. The van der Waals surface area contributed by atoms with Crippen LogP contribution in [0.1, 0.15) is 31.7 Å². The number of amides is 1. The third-order valence-electron chi connectivity index (χ3n) is 3.58. The molecule has 0 radical (unpaired) electrons. The molecule has 1 atom stereocenters. The SMILES string of the molecule is Cc1cc(N)ccc1NC(=O)CCCN(C)C(C)CC#N. The fourth-order valence-electron chi connectivity index (χ4n) is 2.04. The smallest absolute Gasteiger partial charge is 0.224 e. The molecule has 1 aromatic carbocycles. The van der Waals surface area contributed by atoms with Crippen molar-refractivity contribution in [1.82, 2.24) is 4.90 Å². The minimum absolute atomic E-state index is 0.00390. The molecule has 0 aliphatic rings. The summed E-state index contributed by atoms with van der Waals surface area (Å²) in [6, 6.07) is 7.82. The molecule has 5 nitrogen and oxygen atoms in total. The van der Waals surface area contributed by atoms with Crippen LogP contribution in [-0.2, 0) is 4.79 Å². The molecule has 0 saturated carbocycles. The quantitative estimate of drug-likeness (QED) is 0.755. The van der Waals surface area contributed by atoms with Gasteiger partial charge in [0.1, 0.15) is 0 Å². The van der Waals surface area contributed by atoms with Gasteiger partial charge in [0.25, 0.3) is 0 Å². The van der Waals surface area contributed by atoms with Gasteiger partial charge in [-0.15, -0.1) is 0 Å². The van der Waals surface area contributed by atoms with Gasteiger partial charge in [0.15, 0.2) is 0 Å². The van der Waals surface area contributed by atoms with Crippen molar-refractivity contribution in [3.8, 4) is 6.07 Å². The van der Waals surface area contributed by atoms with Gasteiger partial charge >= 0.3 is 0 Å². The second-order valence-electron chi connectivity index (χ2n) is 5.42. The van der Waals surface area contributed by atoms with Crippen molar-refractivity contribution >= 4 is 17.3 Å². The summed E-state index contributed by atoms with van der Waals surface area (Å²) in [5, 5.41) is 11.6. The number of carbonyl (C=O) groups is 1. The second-order valence-corrected chi connectivity index (χ2v) is 5.42. The third kappa shape index (κ3) is 5.84.